The van der Waals surface area contributed by atoms with E-state index in [2.05, 4.69) is 173 Å². The number of nitrogens with zero attached hydrogens (tertiary/aromatic N) is 2. The van der Waals surface area contributed by atoms with Gasteiger partial charge in [0, 0.05) is 53.1 Å². The summed E-state index contributed by atoms with van der Waals surface area (Å²) in [6.45, 7) is 0. The van der Waals surface area contributed by atoms with Crippen molar-refractivity contribution in [3.63, 3.8) is 0 Å². The van der Waals surface area contributed by atoms with E-state index in [0.717, 1.165) is 44.7 Å². The van der Waals surface area contributed by atoms with E-state index < -0.39 is 0 Å². The fourth-order valence-electron chi connectivity index (χ4n) is 8.06. The Hall–Kier alpha value is -6.36. The van der Waals surface area contributed by atoms with Crippen LogP contribution in [0, 0.1) is 0 Å². The summed E-state index contributed by atoms with van der Waals surface area (Å²) in [5.74, 6) is 0. The Morgan fingerprint density at radius 1 is 0.440 bits per heavy atom. The van der Waals surface area contributed by atoms with Crippen LogP contribution in [-0.2, 0) is 0 Å². The normalized spacial score (nSPS) is 12.0. The van der Waals surface area contributed by atoms with Gasteiger partial charge in [-0.15, -0.1) is 11.3 Å². The third kappa shape index (κ3) is 3.91. The van der Waals surface area contributed by atoms with Crippen molar-refractivity contribution in [1.82, 2.24) is 4.57 Å². The topological polar surface area (TPSA) is 21.3 Å². The maximum Gasteiger partial charge on any atom is 0.136 e. The maximum absolute atomic E-state index is 6.36. The number of aromatic nitrogens is 1. The molecule has 0 saturated heterocycles. The standard InChI is InChI=1S/C46H28N2OS/c1-2-12-30(13-3-1)47-36-17-7-4-14-32(36)45-37(47)18-10-19-38(45)48(39-20-11-23-43-46(39)34-16-6-9-22-42(34)50-43)31-26-24-29-25-27-41-44(35(29)28-31)33-15-5-8-21-40(33)49-41/h1-28H. The van der Waals surface area contributed by atoms with Crippen LogP contribution in [0.15, 0.2) is 174 Å². The summed E-state index contributed by atoms with van der Waals surface area (Å²) in [7, 11) is 0. The third-order valence-corrected chi connectivity index (χ3v) is 11.3. The lowest BCUT2D eigenvalue weighted by Gasteiger charge is -2.28. The zero-order valence-electron chi connectivity index (χ0n) is 26.9. The smallest absolute Gasteiger partial charge is 0.136 e. The molecule has 0 bridgehead atoms. The van der Waals surface area contributed by atoms with Crippen molar-refractivity contribution in [3.05, 3.63) is 170 Å². The van der Waals surface area contributed by atoms with Gasteiger partial charge < -0.3 is 13.9 Å². The van der Waals surface area contributed by atoms with Gasteiger partial charge in [-0.1, -0.05) is 97.1 Å². The van der Waals surface area contributed by atoms with E-state index in [1.807, 2.05) is 17.4 Å². The number of furan rings is 1. The quantitative estimate of drug-likeness (QED) is 0.188. The van der Waals surface area contributed by atoms with Crippen molar-refractivity contribution >= 4 is 103 Å². The van der Waals surface area contributed by atoms with Crippen LogP contribution in [0.1, 0.15) is 0 Å². The number of benzene rings is 8. The molecule has 234 valence electrons. The van der Waals surface area contributed by atoms with Gasteiger partial charge in [0.25, 0.3) is 0 Å². The Bertz CT molecular complexity index is 3110. The molecular weight excluding hydrogens is 629 g/mol. The second-order valence-electron chi connectivity index (χ2n) is 12.9. The van der Waals surface area contributed by atoms with Crippen LogP contribution >= 0.6 is 11.3 Å². The van der Waals surface area contributed by atoms with Gasteiger partial charge in [-0.05, 0) is 83.6 Å². The van der Waals surface area contributed by atoms with Crippen molar-refractivity contribution in [2.24, 2.45) is 0 Å². The summed E-state index contributed by atoms with van der Waals surface area (Å²) < 4.78 is 11.3. The summed E-state index contributed by atoms with van der Waals surface area (Å²) in [5, 5.41) is 9.63. The molecule has 8 aromatic carbocycles. The Morgan fingerprint density at radius 2 is 1.12 bits per heavy atom. The van der Waals surface area contributed by atoms with Crippen molar-refractivity contribution in [3.8, 4) is 5.69 Å². The Kier molecular flexibility index (Phi) is 5.83. The monoisotopic (exact) mass is 656 g/mol. The summed E-state index contributed by atoms with van der Waals surface area (Å²) in [4.78, 5) is 2.49. The molecule has 0 aliphatic rings. The summed E-state index contributed by atoms with van der Waals surface area (Å²) in [6.07, 6.45) is 0. The molecule has 0 atom stereocenters. The second kappa shape index (κ2) is 10.6. The average Bonchev–Trinajstić information content (AvgIpc) is 3.85. The molecule has 0 fully saturated rings. The molecule has 4 heteroatoms. The second-order valence-corrected chi connectivity index (χ2v) is 14.0. The fourth-order valence-corrected chi connectivity index (χ4v) is 9.19. The molecule has 11 aromatic rings. The highest BCUT2D eigenvalue weighted by Crippen LogP contribution is 2.49. The van der Waals surface area contributed by atoms with Gasteiger partial charge in [-0.3, -0.25) is 0 Å². The van der Waals surface area contributed by atoms with E-state index in [0.29, 0.717) is 0 Å². The van der Waals surface area contributed by atoms with Gasteiger partial charge in [-0.2, -0.15) is 0 Å². The molecule has 3 heterocycles. The van der Waals surface area contributed by atoms with Crippen LogP contribution in [0.3, 0.4) is 0 Å². The maximum atomic E-state index is 6.36. The summed E-state index contributed by atoms with van der Waals surface area (Å²) in [5.41, 5.74) is 8.71. The fraction of sp³-hybridized carbons (Fsp3) is 0. The lowest BCUT2D eigenvalue weighted by Crippen LogP contribution is -2.11. The lowest BCUT2D eigenvalue weighted by atomic mass is 10.0. The molecular formula is C46H28N2OS. The van der Waals surface area contributed by atoms with Crippen molar-refractivity contribution in [1.29, 1.82) is 0 Å². The number of para-hydroxylation sites is 3. The predicted molar refractivity (Wildman–Crippen MR) is 213 cm³/mol. The van der Waals surface area contributed by atoms with Gasteiger partial charge in [0.05, 0.1) is 22.4 Å². The molecule has 3 aromatic heterocycles. The van der Waals surface area contributed by atoms with Gasteiger partial charge in [0.2, 0.25) is 0 Å². The predicted octanol–water partition coefficient (Wildman–Crippen LogP) is 13.7. The molecule has 11 rings (SSSR count). The molecule has 0 aliphatic carbocycles. The molecule has 0 amide bonds. The minimum Gasteiger partial charge on any atom is -0.456 e. The Morgan fingerprint density at radius 3 is 2.02 bits per heavy atom. The molecule has 0 aliphatic heterocycles. The van der Waals surface area contributed by atoms with E-state index in [4.69, 9.17) is 4.42 Å². The van der Waals surface area contributed by atoms with Crippen LogP contribution in [0.5, 0.6) is 0 Å². The molecule has 0 spiro atoms. The highest BCUT2D eigenvalue weighted by molar-refractivity contribution is 7.26. The SMILES string of the molecule is c1ccc(-n2c3ccccc3c3c(N(c4ccc5ccc6oc7ccccc7c6c5c4)c4cccc5sc6ccccc6c45)cccc32)cc1. The highest BCUT2D eigenvalue weighted by atomic mass is 32.1. The van der Waals surface area contributed by atoms with Crippen molar-refractivity contribution in [2.75, 3.05) is 4.90 Å². The van der Waals surface area contributed by atoms with E-state index in [-0.39, 0.29) is 0 Å². The number of fused-ring (bicyclic) bond motifs is 11. The van der Waals surface area contributed by atoms with Crippen molar-refractivity contribution in [2.45, 2.75) is 0 Å². The number of hydrogen-bond donors (Lipinski definition) is 0. The molecule has 3 nitrogen and oxygen atoms in total. The first-order valence-electron chi connectivity index (χ1n) is 16.9. The molecule has 0 unspecified atom stereocenters. The zero-order chi connectivity index (χ0) is 32.8. The van der Waals surface area contributed by atoms with Crippen LogP contribution in [-0.4, -0.2) is 4.57 Å². The van der Waals surface area contributed by atoms with E-state index in [1.165, 1.54) is 52.8 Å². The Balaban J connectivity index is 1.29. The zero-order valence-corrected chi connectivity index (χ0v) is 27.7. The molecule has 0 radical (unpaired) electrons. The van der Waals surface area contributed by atoms with E-state index in [9.17, 15) is 0 Å². The number of hydrogen-bond acceptors (Lipinski definition) is 3. The van der Waals surface area contributed by atoms with Crippen molar-refractivity contribution < 1.29 is 4.42 Å². The third-order valence-electron chi connectivity index (χ3n) is 10.2. The minimum atomic E-state index is 0.904. The van der Waals surface area contributed by atoms with Crippen LogP contribution < -0.4 is 4.90 Å². The minimum absolute atomic E-state index is 0.904. The van der Waals surface area contributed by atoms with Crippen LogP contribution in [0.2, 0.25) is 0 Å². The first-order valence-corrected chi connectivity index (χ1v) is 17.8. The van der Waals surface area contributed by atoms with Gasteiger partial charge in [-0.25, -0.2) is 0 Å². The number of anilines is 3. The first-order chi connectivity index (χ1) is 24.8. The van der Waals surface area contributed by atoms with Crippen LogP contribution in [0.4, 0.5) is 17.1 Å². The Labute approximate surface area is 291 Å². The van der Waals surface area contributed by atoms with Gasteiger partial charge >= 0.3 is 0 Å². The molecule has 0 N–H and O–H groups in total. The van der Waals surface area contributed by atoms with Gasteiger partial charge in [0.1, 0.15) is 11.2 Å². The molecule has 0 saturated carbocycles. The average molecular weight is 657 g/mol. The van der Waals surface area contributed by atoms with E-state index in [1.54, 1.807) is 0 Å². The first kappa shape index (κ1) is 27.6. The largest absolute Gasteiger partial charge is 0.456 e. The summed E-state index contributed by atoms with van der Waals surface area (Å²) >= 11 is 1.86. The number of rotatable bonds is 4. The van der Waals surface area contributed by atoms with Gasteiger partial charge in [0.15, 0.2) is 0 Å². The lowest BCUT2D eigenvalue weighted by molar-refractivity contribution is 0.669. The number of thiophene rings is 1. The highest BCUT2D eigenvalue weighted by Gasteiger charge is 2.24. The summed E-state index contributed by atoms with van der Waals surface area (Å²) in [6, 6.07) is 61.3. The van der Waals surface area contributed by atoms with Crippen LogP contribution in [0.25, 0.3) is 80.4 Å². The van der Waals surface area contributed by atoms with E-state index >= 15 is 0 Å². The molecule has 50 heavy (non-hydrogen) atoms.